The SMILES string of the molecule is NC1CC(=O)N(CC2CCSC2)C1. The van der Waals surface area contributed by atoms with Gasteiger partial charge in [-0.15, -0.1) is 0 Å². The summed E-state index contributed by atoms with van der Waals surface area (Å²) in [7, 11) is 0. The molecule has 0 aromatic carbocycles. The van der Waals surface area contributed by atoms with Crippen LogP contribution < -0.4 is 5.73 Å². The average molecular weight is 200 g/mol. The number of amides is 1. The maximum absolute atomic E-state index is 11.4. The first kappa shape index (κ1) is 9.34. The molecule has 0 aliphatic carbocycles. The fraction of sp³-hybridized carbons (Fsp3) is 0.889. The molecule has 13 heavy (non-hydrogen) atoms. The summed E-state index contributed by atoms with van der Waals surface area (Å²) < 4.78 is 0. The number of hydrogen-bond acceptors (Lipinski definition) is 3. The first-order valence-corrected chi connectivity index (χ1v) is 6.02. The summed E-state index contributed by atoms with van der Waals surface area (Å²) >= 11 is 2.00. The van der Waals surface area contributed by atoms with Gasteiger partial charge in [0, 0.05) is 25.6 Å². The number of carbonyl (C=O) groups is 1. The van der Waals surface area contributed by atoms with Crippen molar-refractivity contribution in [2.24, 2.45) is 11.7 Å². The molecule has 2 rings (SSSR count). The van der Waals surface area contributed by atoms with Crippen LogP contribution in [0.4, 0.5) is 0 Å². The lowest BCUT2D eigenvalue weighted by molar-refractivity contribution is -0.128. The largest absolute Gasteiger partial charge is 0.341 e. The molecule has 0 aromatic rings. The minimum atomic E-state index is 0.0848. The molecule has 2 aliphatic rings. The molecular formula is C9H16N2OS. The molecular weight excluding hydrogens is 184 g/mol. The molecule has 0 saturated carbocycles. The zero-order valence-corrected chi connectivity index (χ0v) is 8.55. The van der Waals surface area contributed by atoms with Crippen molar-refractivity contribution in [1.29, 1.82) is 0 Å². The lowest BCUT2D eigenvalue weighted by atomic mass is 10.1. The zero-order valence-electron chi connectivity index (χ0n) is 7.74. The maximum Gasteiger partial charge on any atom is 0.224 e. The molecule has 2 N–H and O–H groups in total. The lowest BCUT2D eigenvalue weighted by Gasteiger charge is -2.19. The van der Waals surface area contributed by atoms with Crippen molar-refractivity contribution in [3.8, 4) is 0 Å². The van der Waals surface area contributed by atoms with E-state index in [1.807, 2.05) is 16.7 Å². The van der Waals surface area contributed by atoms with Gasteiger partial charge in [-0.2, -0.15) is 11.8 Å². The van der Waals surface area contributed by atoms with E-state index in [1.54, 1.807) is 0 Å². The molecule has 2 saturated heterocycles. The Labute approximate surface area is 83.0 Å². The van der Waals surface area contributed by atoms with Crippen molar-refractivity contribution in [2.75, 3.05) is 24.6 Å². The second-order valence-electron chi connectivity index (χ2n) is 3.99. The molecule has 0 spiro atoms. The van der Waals surface area contributed by atoms with Crippen molar-refractivity contribution in [1.82, 2.24) is 4.90 Å². The zero-order chi connectivity index (χ0) is 9.26. The Morgan fingerprint density at radius 1 is 1.62 bits per heavy atom. The Morgan fingerprint density at radius 2 is 2.46 bits per heavy atom. The third-order valence-corrected chi connectivity index (χ3v) is 3.98. The van der Waals surface area contributed by atoms with Crippen LogP contribution in [-0.4, -0.2) is 41.4 Å². The number of nitrogens with two attached hydrogens (primary N) is 1. The van der Waals surface area contributed by atoms with E-state index < -0.39 is 0 Å². The Bertz CT molecular complexity index is 204. The molecule has 2 atom stereocenters. The quantitative estimate of drug-likeness (QED) is 0.697. The minimum Gasteiger partial charge on any atom is -0.341 e. The van der Waals surface area contributed by atoms with E-state index in [-0.39, 0.29) is 11.9 Å². The van der Waals surface area contributed by atoms with Crippen LogP contribution in [0.25, 0.3) is 0 Å². The molecule has 1 amide bonds. The van der Waals surface area contributed by atoms with E-state index in [4.69, 9.17) is 5.73 Å². The van der Waals surface area contributed by atoms with Gasteiger partial charge in [-0.25, -0.2) is 0 Å². The van der Waals surface area contributed by atoms with E-state index in [0.717, 1.165) is 19.0 Å². The van der Waals surface area contributed by atoms with Gasteiger partial charge in [-0.3, -0.25) is 4.79 Å². The summed E-state index contributed by atoms with van der Waals surface area (Å²) in [6, 6.07) is 0.0848. The Balaban J connectivity index is 1.83. The van der Waals surface area contributed by atoms with E-state index in [0.29, 0.717) is 6.42 Å². The van der Waals surface area contributed by atoms with Crippen molar-refractivity contribution >= 4 is 17.7 Å². The van der Waals surface area contributed by atoms with Crippen molar-refractivity contribution < 1.29 is 4.79 Å². The first-order chi connectivity index (χ1) is 6.25. The molecule has 3 nitrogen and oxygen atoms in total. The number of carbonyl (C=O) groups excluding carboxylic acids is 1. The summed E-state index contributed by atoms with van der Waals surface area (Å²) in [4.78, 5) is 13.4. The van der Waals surface area contributed by atoms with E-state index in [1.165, 1.54) is 17.9 Å². The van der Waals surface area contributed by atoms with Gasteiger partial charge in [0.1, 0.15) is 0 Å². The summed E-state index contributed by atoms with van der Waals surface area (Å²) in [6.07, 6.45) is 1.82. The van der Waals surface area contributed by atoms with E-state index in [9.17, 15) is 4.79 Å². The molecule has 0 aromatic heterocycles. The molecule has 74 valence electrons. The minimum absolute atomic E-state index is 0.0848. The third-order valence-electron chi connectivity index (χ3n) is 2.75. The predicted molar refractivity (Wildman–Crippen MR) is 54.6 cm³/mol. The second-order valence-corrected chi connectivity index (χ2v) is 5.14. The Morgan fingerprint density at radius 3 is 3.00 bits per heavy atom. The Kier molecular flexibility index (Phi) is 2.79. The lowest BCUT2D eigenvalue weighted by Crippen LogP contribution is -2.32. The van der Waals surface area contributed by atoms with Crippen LogP contribution >= 0.6 is 11.8 Å². The summed E-state index contributed by atoms with van der Waals surface area (Å²) in [5.74, 6) is 3.46. The van der Waals surface area contributed by atoms with Gasteiger partial charge < -0.3 is 10.6 Å². The monoisotopic (exact) mass is 200 g/mol. The average Bonchev–Trinajstić information content (AvgIpc) is 2.63. The highest BCUT2D eigenvalue weighted by Crippen LogP contribution is 2.25. The van der Waals surface area contributed by atoms with Crippen molar-refractivity contribution in [2.45, 2.75) is 18.9 Å². The van der Waals surface area contributed by atoms with E-state index in [2.05, 4.69) is 0 Å². The molecule has 2 unspecified atom stereocenters. The number of thioether (sulfide) groups is 1. The number of likely N-dealkylation sites (tertiary alicyclic amines) is 1. The molecule has 2 heterocycles. The van der Waals surface area contributed by atoms with Crippen LogP contribution in [0.1, 0.15) is 12.8 Å². The van der Waals surface area contributed by atoms with Gasteiger partial charge in [-0.1, -0.05) is 0 Å². The van der Waals surface area contributed by atoms with Crippen LogP contribution in [0.5, 0.6) is 0 Å². The van der Waals surface area contributed by atoms with Gasteiger partial charge in [0.25, 0.3) is 0 Å². The molecule has 4 heteroatoms. The number of nitrogens with zero attached hydrogens (tertiary/aromatic N) is 1. The topological polar surface area (TPSA) is 46.3 Å². The fourth-order valence-electron chi connectivity index (χ4n) is 2.02. The van der Waals surface area contributed by atoms with Gasteiger partial charge in [0.2, 0.25) is 5.91 Å². The van der Waals surface area contributed by atoms with Crippen LogP contribution in [-0.2, 0) is 4.79 Å². The highest BCUT2D eigenvalue weighted by atomic mass is 32.2. The first-order valence-electron chi connectivity index (χ1n) is 4.87. The maximum atomic E-state index is 11.4. The van der Waals surface area contributed by atoms with Crippen molar-refractivity contribution in [3.63, 3.8) is 0 Å². The Hall–Kier alpha value is -0.220. The van der Waals surface area contributed by atoms with Crippen LogP contribution in [0.3, 0.4) is 0 Å². The third kappa shape index (κ3) is 2.17. The fourth-order valence-corrected chi connectivity index (χ4v) is 3.29. The normalized spacial score (nSPS) is 34.5. The second kappa shape index (κ2) is 3.88. The van der Waals surface area contributed by atoms with Crippen molar-refractivity contribution in [3.05, 3.63) is 0 Å². The predicted octanol–water partition coefficient (Wildman–Crippen LogP) is 0.299. The van der Waals surface area contributed by atoms with Crippen LogP contribution in [0.2, 0.25) is 0 Å². The van der Waals surface area contributed by atoms with Gasteiger partial charge in [0.05, 0.1) is 0 Å². The number of hydrogen-bond donors (Lipinski definition) is 1. The summed E-state index contributed by atoms with van der Waals surface area (Å²) in [6.45, 7) is 1.72. The van der Waals surface area contributed by atoms with Gasteiger partial charge in [0.15, 0.2) is 0 Å². The number of rotatable bonds is 2. The molecule has 0 bridgehead atoms. The molecule has 2 fully saturated rings. The summed E-state index contributed by atoms with van der Waals surface area (Å²) in [5.41, 5.74) is 5.72. The van der Waals surface area contributed by atoms with Gasteiger partial charge >= 0.3 is 0 Å². The smallest absolute Gasteiger partial charge is 0.224 e. The highest BCUT2D eigenvalue weighted by molar-refractivity contribution is 7.99. The van der Waals surface area contributed by atoms with E-state index >= 15 is 0 Å². The van der Waals surface area contributed by atoms with Crippen LogP contribution in [0, 0.1) is 5.92 Å². The molecule has 2 aliphatic heterocycles. The molecule has 0 radical (unpaired) electrons. The highest BCUT2D eigenvalue weighted by Gasteiger charge is 2.29. The summed E-state index contributed by atoms with van der Waals surface area (Å²) in [5, 5.41) is 0. The van der Waals surface area contributed by atoms with Gasteiger partial charge in [-0.05, 0) is 23.8 Å². The standard InChI is InChI=1S/C9H16N2OS/c10-8-3-9(12)11(5-8)4-7-1-2-13-6-7/h7-8H,1-6,10H2. The van der Waals surface area contributed by atoms with Crippen LogP contribution in [0.15, 0.2) is 0 Å².